The van der Waals surface area contributed by atoms with Crippen LogP contribution in [0.5, 0.6) is 0 Å². The standard InChI is InChI=1S/C10H21N3O2/c1-7(5-8(11)13-15)12-9(14)6-10(2,3)4/h7,15H,5-6H2,1-4H3,(H2,11,13)(H,12,14). The van der Waals surface area contributed by atoms with Gasteiger partial charge in [0.25, 0.3) is 0 Å². The maximum Gasteiger partial charge on any atom is 0.220 e. The summed E-state index contributed by atoms with van der Waals surface area (Å²) >= 11 is 0. The molecule has 0 aliphatic heterocycles. The first kappa shape index (κ1) is 13.7. The monoisotopic (exact) mass is 215 g/mol. The van der Waals surface area contributed by atoms with E-state index in [4.69, 9.17) is 10.9 Å². The number of nitrogens with one attached hydrogen (secondary N) is 1. The molecule has 88 valence electrons. The van der Waals surface area contributed by atoms with Crippen LogP contribution in [0.2, 0.25) is 0 Å². The number of hydrogen-bond acceptors (Lipinski definition) is 3. The van der Waals surface area contributed by atoms with Crippen LogP contribution in [-0.2, 0) is 4.79 Å². The second kappa shape index (κ2) is 5.58. The van der Waals surface area contributed by atoms with Crippen LogP contribution >= 0.6 is 0 Å². The Hall–Kier alpha value is -1.26. The van der Waals surface area contributed by atoms with Crippen molar-refractivity contribution < 1.29 is 10.0 Å². The average molecular weight is 215 g/mol. The molecule has 0 bridgehead atoms. The van der Waals surface area contributed by atoms with Crippen LogP contribution in [0.1, 0.15) is 40.5 Å². The van der Waals surface area contributed by atoms with Gasteiger partial charge in [0, 0.05) is 18.9 Å². The minimum atomic E-state index is -0.115. The first-order valence-electron chi connectivity index (χ1n) is 5.00. The normalized spacial score (nSPS) is 14.8. The molecule has 0 rings (SSSR count). The summed E-state index contributed by atoms with van der Waals surface area (Å²) < 4.78 is 0. The van der Waals surface area contributed by atoms with E-state index in [2.05, 4.69) is 10.5 Å². The number of carbonyl (C=O) groups is 1. The highest BCUT2D eigenvalue weighted by molar-refractivity contribution is 5.82. The van der Waals surface area contributed by atoms with Crippen molar-refractivity contribution in [3.63, 3.8) is 0 Å². The summed E-state index contributed by atoms with van der Waals surface area (Å²) in [4.78, 5) is 11.5. The second-order valence-corrected chi connectivity index (χ2v) is 5.00. The maximum absolute atomic E-state index is 11.5. The minimum absolute atomic E-state index is 0.0132. The van der Waals surface area contributed by atoms with Gasteiger partial charge in [0.15, 0.2) is 0 Å². The minimum Gasteiger partial charge on any atom is -0.409 e. The van der Waals surface area contributed by atoms with Gasteiger partial charge in [0.1, 0.15) is 5.84 Å². The smallest absolute Gasteiger partial charge is 0.220 e. The third kappa shape index (κ3) is 7.78. The summed E-state index contributed by atoms with van der Waals surface area (Å²) in [5.74, 6) is 0.110. The Morgan fingerprint density at radius 2 is 2.07 bits per heavy atom. The first-order valence-corrected chi connectivity index (χ1v) is 5.00. The Balaban J connectivity index is 3.97. The Kier molecular flexibility index (Phi) is 5.11. The van der Waals surface area contributed by atoms with Gasteiger partial charge in [-0.1, -0.05) is 25.9 Å². The van der Waals surface area contributed by atoms with Gasteiger partial charge in [-0.2, -0.15) is 0 Å². The zero-order valence-corrected chi connectivity index (χ0v) is 9.87. The summed E-state index contributed by atoms with van der Waals surface area (Å²) in [5, 5.41) is 14.0. The molecule has 0 aliphatic rings. The molecule has 0 heterocycles. The lowest BCUT2D eigenvalue weighted by atomic mass is 9.92. The molecule has 0 aromatic carbocycles. The highest BCUT2D eigenvalue weighted by Crippen LogP contribution is 2.17. The fourth-order valence-corrected chi connectivity index (χ4v) is 1.21. The number of rotatable bonds is 4. The third-order valence-corrected chi connectivity index (χ3v) is 1.74. The van der Waals surface area contributed by atoms with E-state index in [9.17, 15) is 4.79 Å². The van der Waals surface area contributed by atoms with E-state index in [1.807, 2.05) is 27.7 Å². The number of oxime groups is 1. The third-order valence-electron chi connectivity index (χ3n) is 1.74. The maximum atomic E-state index is 11.5. The Morgan fingerprint density at radius 3 is 2.47 bits per heavy atom. The largest absolute Gasteiger partial charge is 0.409 e. The van der Waals surface area contributed by atoms with Crippen molar-refractivity contribution >= 4 is 11.7 Å². The molecular weight excluding hydrogens is 194 g/mol. The van der Waals surface area contributed by atoms with Crippen molar-refractivity contribution in [2.24, 2.45) is 16.3 Å². The van der Waals surface area contributed by atoms with Gasteiger partial charge in [-0.3, -0.25) is 4.79 Å². The molecule has 1 amide bonds. The van der Waals surface area contributed by atoms with Crippen LogP contribution in [0.15, 0.2) is 5.16 Å². The number of hydrogen-bond donors (Lipinski definition) is 3. The van der Waals surface area contributed by atoms with Crippen molar-refractivity contribution in [3.8, 4) is 0 Å². The van der Waals surface area contributed by atoms with Crippen LogP contribution < -0.4 is 11.1 Å². The predicted octanol–water partition coefficient (Wildman–Crippen LogP) is 1.06. The molecule has 1 unspecified atom stereocenters. The quantitative estimate of drug-likeness (QED) is 0.283. The molecule has 0 saturated heterocycles. The molecule has 15 heavy (non-hydrogen) atoms. The van der Waals surface area contributed by atoms with Gasteiger partial charge in [-0.25, -0.2) is 0 Å². The van der Waals surface area contributed by atoms with E-state index in [-0.39, 0.29) is 23.2 Å². The van der Waals surface area contributed by atoms with Crippen LogP contribution in [-0.4, -0.2) is 23.0 Å². The fraction of sp³-hybridized carbons (Fsp3) is 0.800. The number of nitrogens with two attached hydrogens (primary N) is 1. The molecule has 0 radical (unpaired) electrons. The highest BCUT2D eigenvalue weighted by Gasteiger charge is 2.17. The van der Waals surface area contributed by atoms with Gasteiger partial charge in [0.2, 0.25) is 5.91 Å². The van der Waals surface area contributed by atoms with Gasteiger partial charge in [-0.05, 0) is 12.3 Å². The van der Waals surface area contributed by atoms with Crippen LogP contribution in [0, 0.1) is 5.41 Å². The molecule has 0 aromatic rings. The predicted molar refractivity (Wildman–Crippen MR) is 59.7 cm³/mol. The van der Waals surface area contributed by atoms with E-state index >= 15 is 0 Å². The van der Waals surface area contributed by atoms with Crippen molar-refractivity contribution in [2.45, 2.75) is 46.6 Å². The van der Waals surface area contributed by atoms with Crippen molar-refractivity contribution in [2.75, 3.05) is 0 Å². The highest BCUT2D eigenvalue weighted by atomic mass is 16.4. The summed E-state index contributed by atoms with van der Waals surface area (Å²) in [6.07, 6.45) is 0.819. The van der Waals surface area contributed by atoms with Crippen LogP contribution in [0.3, 0.4) is 0 Å². The molecule has 0 saturated carbocycles. The lowest BCUT2D eigenvalue weighted by molar-refractivity contribution is -0.123. The van der Waals surface area contributed by atoms with Gasteiger partial charge < -0.3 is 16.3 Å². The molecule has 4 N–H and O–H groups in total. The van der Waals surface area contributed by atoms with Gasteiger partial charge in [-0.15, -0.1) is 0 Å². The summed E-state index contributed by atoms with van der Waals surface area (Å²) in [5.41, 5.74) is 5.30. The first-order chi connectivity index (χ1) is 6.74. The molecule has 5 nitrogen and oxygen atoms in total. The lowest BCUT2D eigenvalue weighted by Gasteiger charge is -2.19. The SMILES string of the molecule is CC(CC(N)=NO)NC(=O)CC(C)(C)C. The van der Waals surface area contributed by atoms with Crippen molar-refractivity contribution in [1.82, 2.24) is 5.32 Å². The number of carbonyl (C=O) groups excluding carboxylic acids is 1. The van der Waals surface area contributed by atoms with E-state index < -0.39 is 0 Å². The summed E-state index contributed by atoms with van der Waals surface area (Å²) in [7, 11) is 0. The Labute approximate surface area is 90.7 Å². The molecular formula is C10H21N3O2. The van der Waals surface area contributed by atoms with Crippen molar-refractivity contribution in [3.05, 3.63) is 0 Å². The summed E-state index contributed by atoms with van der Waals surface area (Å²) in [6, 6.07) is -0.115. The Morgan fingerprint density at radius 1 is 1.53 bits per heavy atom. The van der Waals surface area contributed by atoms with Gasteiger partial charge in [0.05, 0.1) is 0 Å². The number of amidine groups is 1. The lowest BCUT2D eigenvalue weighted by Crippen LogP contribution is -2.37. The van der Waals surface area contributed by atoms with Crippen LogP contribution in [0.25, 0.3) is 0 Å². The fourth-order valence-electron chi connectivity index (χ4n) is 1.21. The number of amides is 1. The summed E-state index contributed by atoms with van der Waals surface area (Å²) in [6.45, 7) is 7.82. The Bertz CT molecular complexity index is 244. The van der Waals surface area contributed by atoms with E-state index in [0.717, 1.165) is 0 Å². The molecule has 0 aliphatic carbocycles. The molecule has 0 spiro atoms. The second-order valence-electron chi connectivity index (χ2n) is 5.00. The van der Waals surface area contributed by atoms with E-state index in [0.29, 0.717) is 12.8 Å². The molecule has 1 atom stereocenters. The molecule has 0 fully saturated rings. The topological polar surface area (TPSA) is 87.7 Å². The molecule has 5 heteroatoms. The van der Waals surface area contributed by atoms with Crippen LogP contribution in [0.4, 0.5) is 0 Å². The number of nitrogens with zero attached hydrogens (tertiary/aromatic N) is 1. The van der Waals surface area contributed by atoms with Crippen molar-refractivity contribution in [1.29, 1.82) is 0 Å². The van der Waals surface area contributed by atoms with E-state index in [1.165, 1.54) is 0 Å². The zero-order chi connectivity index (χ0) is 12.1. The van der Waals surface area contributed by atoms with E-state index in [1.54, 1.807) is 0 Å². The average Bonchev–Trinajstić information content (AvgIpc) is 1.99. The van der Waals surface area contributed by atoms with Gasteiger partial charge >= 0.3 is 0 Å². The zero-order valence-electron chi connectivity index (χ0n) is 9.87. The molecule has 0 aromatic heterocycles.